The van der Waals surface area contributed by atoms with E-state index in [9.17, 15) is 4.39 Å². The number of piperidine rings is 1. The van der Waals surface area contributed by atoms with E-state index < -0.39 is 8.07 Å². The van der Waals surface area contributed by atoms with Crippen LogP contribution >= 0.6 is 0 Å². The van der Waals surface area contributed by atoms with Crippen molar-refractivity contribution in [2.45, 2.75) is 45.3 Å². The van der Waals surface area contributed by atoms with E-state index in [0.717, 1.165) is 17.2 Å². The molecule has 3 heteroatoms. The van der Waals surface area contributed by atoms with Gasteiger partial charge in [-0.15, -0.1) is 0 Å². The monoisotopic (exact) mass is 279 g/mol. The van der Waals surface area contributed by atoms with E-state index in [4.69, 9.17) is 0 Å². The fourth-order valence-electron chi connectivity index (χ4n) is 3.14. The van der Waals surface area contributed by atoms with E-state index in [2.05, 4.69) is 18.0 Å². The molecule has 1 nitrogen and oxygen atoms in total. The molecular weight excluding hydrogens is 253 g/mol. The molecule has 0 saturated carbocycles. The van der Waals surface area contributed by atoms with Gasteiger partial charge in [0.2, 0.25) is 0 Å². The summed E-state index contributed by atoms with van der Waals surface area (Å²) in [6, 6.07) is 6.77. The quantitative estimate of drug-likeness (QED) is 0.754. The Morgan fingerprint density at radius 2 is 1.84 bits per heavy atom. The Kier molecular flexibility index (Phi) is 4.80. The predicted molar refractivity (Wildman–Crippen MR) is 82.6 cm³/mol. The van der Waals surface area contributed by atoms with Gasteiger partial charge in [-0.3, -0.25) is 0 Å². The molecule has 1 aliphatic rings. The van der Waals surface area contributed by atoms with Gasteiger partial charge in [0.15, 0.2) is 0 Å². The highest BCUT2D eigenvalue weighted by atomic mass is 28.3. The van der Waals surface area contributed by atoms with Crippen molar-refractivity contribution in [1.82, 2.24) is 4.90 Å². The van der Waals surface area contributed by atoms with E-state index in [1.165, 1.54) is 38.5 Å². The number of rotatable bonds is 4. The smallest absolute Gasteiger partial charge is 0.129 e. The van der Waals surface area contributed by atoms with Crippen LogP contribution in [-0.4, -0.2) is 32.2 Å². The van der Waals surface area contributed by atoms with Crippen LogP contribution in [0.25, 0.3) is 0 Å². The van der Waals surface area contributed by atoms with Crippen LogP contribution in [0.4, 0.5) is 4.39 Å². The average molecular weight is 279 g/mol. The molecule has 2 rings (SSSR count). The van der Waals surface area contributed by atoms with Crippen LogP contribution in [-0.2, 0) is 6.04 Å². The van der Waals surface area contributed by atoms with Crippen molar-refractivity contribution in [3.63, 3.8) is 0 Å². The molecule has 0 aromatic heterocycles. The highest BCUT2D eigenvalue weighted by Gasteiger charge is 2.26. The van der Waals surface area contributed by atoms with Crippen molar-refractivity contribution in [2.24, 2.45) is 0 Å². The van der Waals surface area contributed by atoms with Crippen molar-refractivity contribution in [2.75, 3.05) is 19.3 Å². The number of aryl methyl sites for hydroxylation is 1. The Balaban J connectivity index is 2.01. The molecule has 1 aliphatic heterocycles. The maximum atomic E-state index is 14.1. The molecule has 0 N–H and O–H groups in total. The largest absolute Gasteiger partial charge is 0.306 e. The number of likely N-dealkylation sites (tertiary alicyclic amines) is 1. The van der Waals surface area contributed by atoms with E-state index in [1.807, 2.05) is 25.1 Å². The Morgan fingerprint density at radius 1 is 1.16 bits per heavy atom. The topological polar surface area (TPSA) is 3.24 Å². The summed E-state index contributed by atoms with van der Waals surface area (Å²) in [5, 5.41) is 0. The summed E-state index contributed by atoms with van der Waals surface area (Å²) in [5.74, 6) is 0.0155. The zero-order valence-electron chi connectivity index (χ0n) is 12.5. The summed E-state index contributed by atoms with van der Waals surface area (Å²) in [4.78, 5) is 2.60. The second kappa shape index (κ2) is 6.19. The lowest BCUT2D eigenvalue weighted by molar-refractivity contribution is 0.258. The van der Waals surface area contributed by atoms with Crippen LogP contribution in [0.2, 0.25) is 13.1 Å². The normalized spacial score (nSPS) is 17.7. The molecule has 19 heavy (non-hydrogen) atoms. The van der Waals surface area contributed by atoms with E-state index in [1.54, 1.807) is 0 Å². The summed E-state index contributed by atoms with van der Waals surface area (Å²) >= 11 is 0. The lowest BCUT2D eigenvalue weighted by Gasteiger charge is -2.34. The molecule has 0 unspecified atom stereocenters. The van der Waals surface area contributed by atoms with E-state index >= 15 is 0 Å². The summed E-state index contributed by atoms with van der Waals surface area (Å²) < 4.78 is 14.1. The molecule has 0 atom stereocenters. The first-order chi connectivity index (χ1) is 8.98. The number of hydrogen-bond acceptors (Lipinski definition) is 1. The summed E-state index contributed by atoms with van der Waals surface area (Å²) in [6.07, 6.45) is 5.26. The number of nitrogens with zero attached hydrogens (tertiary/aromatic N) is 1. The molecule has 0 amide bonds. The van der Waals surface area contributed by atoms with Crippen LogP contribution in [0.3, 0.4) is 0 Å². The Bertz CT molecular complexity index is 425. The van der Waals surface area contributed by atoms with Gasteiger partial charge in [-0.1, -0.05) is 37.7 Å². The second-order valence-electron chi connectivity index (χ2n) is 6.73. The van der Waals surface area contributed by atoms with Gasteiger partial charge in [0.05, 0.1) is 8.07 Å². The van der Waals surface area contributed by atoms with E-state index in [-0.39, 0.29) is 5.82 Å². The first-order valence-corrected chi connectivity index (χ1v) is 10.9. The minimum absolute atomic E-state index is 0.0155. The molecule has 1 saturated heterocycles. The van der Waals surface area contributed by atoms with Crippen LogP contribution in [0.15, 0.2) is 18.2 Å². The van der Waals surface area contributed by atoms with Crippen LogP contribution in [0.1, 0.15) is 30.4 Å². The van der Waals surface area contributed by atoms with Gasteiger partial charge >= 0.3 is 0 Å². The number of benzene rings is 1. The third kappa shape index (κ3) is 4.15. The number of hydrogen-bond donors (Lipinski definition) is 0. The summed E-state index contributed by atoms with van der Waals surface area (Å²) in [7, 11) is -1.40. The minimum atomic E-state index is -1.40. The standard InChI is InChI=1S/C16H26FNSi/c1-14-8-7-9-15(16(14)17)12-19(2,3)13-18-10-5-4-6-11-18/h7-9H,4-6,10-13H2,1-3H3. The van der Waals surface area contributed by atoms with Gasteiger partial charge in [0.1, 0.15) is 5.82 Å². The molecule has 0 bridgehead atoms. The van der Waals surface area contributed by atoms with E-state index in [0.29, 0.717) is 0 Å². The van der Waals surface area contributed by atoms with Gasteiger partial charge in [0, 0.05) is 0 Å². The van der Waals surface area contributed by atoms with Crippen molar-refractivity contribution in [1.29, 1.82) is 0 Å². The van der Waals surface area contributed by atoms with Gasteiger partial charge in [0.25, 0.3) is 0 Å². The fraction of sp³-hybridized carbons (Fsp3) is 0.625. The molecule has 106 valence electrons. The van der Waals surface area contributed by atoms with Crippen molar-refractivity contribution in [3.05, 3.63) is 35.1 Å². The molecule has 0 aliphatic carbocycles. The zero-order chi connectivity index (χ0) is 13.9. The van der Waals surface area contributed by atoms with Crippen LogP contribution in [0, 0.1) is 12.7 Å². The first-order valence-electron chi connectivity index (χ1n) is 7.44. The van der Waals surface area contributed by atoms with Crippen molar-refractivity contribution >= 4 is 8.07 Å². The fourth-order valence-corrected chi connectivity index (χ4v) is 6.08. The molecule has 1 aromatic rings. The SMILES string of the molecule is Cc1cccc(C[Si](C)(C)CN2CCCCC2)c1F. The maximum absolute atomic E-state index is 14.1. The zero-order valence-corrected chi connectivity index (χ0v) is 13.5. The third-order valence-corrected chi connectivity index (χ3v) is 6.68. The Hall–Kier alpha value is -0.673. The Labute approximate surface area is 117 Å². The van der Waals surface area contributed by atoms with Gasteiger partial charge in [-0.05, 0) is 56.2 Å². The predicted octanol–water partition coefficient (Wildman–Crippen LogP) is 3.95. The first kappa shape index (κ1) is 14.7. The van der Waals surface area contributed by atoms with Gasteiger partial charge in [-0.25, -0.2) is 4.39 Å². The van der Waals surface area contributed by atoms with Gasteiger partial charge in [-0.2, -0.15) is 0 Å². The van der Waals surface area contributed by atoms with Crippen molar-refractivity contribution < 1.29 is 4.39 Å². The number of halogens is 1. The second-order valence-corrected chi connectivity index (χ2v) is 11.7. The molecule has 1 heterocycles. The molecule has 0 radical (unpaired) electrons. The lowest BCUT2D eigenvalue weighted by Crippen LogP contribution is -2.46. The third-order valence-electron chi connectivity index (χ3n) is 4.04. The molecular formula is C16H26FNSi. The minimum Gasteiger partial charge on any atom is -0.306 e. The summed E-state index contributed by atoms with van der Waals surface area (Å²) in [5.41, 5.74) is 1.70. The highest BCUT2D eigenvalue weighted by Crippen LogP contribution is 2.20. The van der Waals surface area contributed by atoms with Gasteiger partial charge < -0.3 is 4.90 Å². The van der Waals surface area contributed by atoms with Crippen LogP contribution in [0.5, 0.6) is 0 Å². The molecule has 1 aromatic carbocycles. The molecule has 1 fully saturated rings. The Morgan fingerprint density at radius 3 is 2.53 bits per heavy atom. The van der Waals surface area contributed by atoms with Crippen molar-refractivity contribution in [3.8, 4) is 0 Å². The highest BCUT2D eigenvalue weighted by molar-refractivity contribution is 6.77. The lowest BCUT2D eigenvalue weighted by atomic mass is 10.1. The maximum Gasteiger partial charge on any atom is 0.129 e. The molecule has 0 spiro atoms. The average Bonchev–Trinajstić information content (AvgIpc) is 2.35. The summed E-state index contributed by atoms with van der Waals surface area (Å²) in [6.45, 7) is 9.13. The van der Waals surface area contributed by atoms with Crippen LogP contribution < -0.4 is 0 Å².